The molecule has 1 aromatic heterocycles. The Balaban J connectivity index is 1.57. The molecule has 8 heteroatoms. The molecule has 0 amide bonds. The highest BCUT2D eigenvalue weighted by Crippen LogP contribution is 2.33. The number of thiocarbonyl (C=S) groups is 1. The standard InChI is InChI=1S/C25H29N3O4S/c1-17-4-3-5-18(12-17)6-8-28(25(33)26-7-9-30-2)16-20-13-19-14-22-23(32-11-10-31-22)15-21(19)27-24(20)29/h3-5,12-15H,6-11,16H2,1-2H3,(H,26,33)(H,27,29). The minimum Gasteiger partial charge on any atom is -0.486 e. The molecule has 174 valence electrons. The number of aryl methyl sites for hydroxylation is 1. The van der Waals surface area contributed by atoms with Crippen LogP contribution >= 0.6 is 12.2 Å². The van der Waals surface area contributed by atoms with Crippen LogP contribution in [0.2, 0.25) is 0 Å². The van der Waals surface area contributed by atoms with E-state index < -0.39 is 0 Å². The lowest BCUT2D eigenvalue weighted by molar-refractivity contribution is 0.172. The monoisotopic (exact) mass is 467 g/mol. The second kappa shape index (κ2) is 10.7. The first-order chi connectivity index (χ1) is 16.0. The molecule has 0 atom stereocenters. The van der Waals surface area contributed by atoms with E-state index in [0.717, 1.165) is 17.3 Å². The summed E-state index contributed by atoms with van der Waals surface area (Å²) in [5.41, 5.74) is 3.68. The van der Waals surface area contributed by atoms with Crippen molar-refractivity contribution in [2.24, 2.45) is 0 Å². The van der Waals surface area contributed by atoms with Crippen molar-refractivity contribution in [3.63, 3.8) is 0 Å². The van der Waals surface area contributed by atoms with Gasteiger partial charge >= 0.3 is 0 Å². The van der Waals surface area contributed by atoms with Crippen LogP contribution in [0.4, 0.5) is 0 Å². The van der Waals surface area contributed by atoms with Gasteiger partial charge in [-0.1, -0.05) is 29.8 Å². The van der Waals surface area contributed by atoms with Crippen LogP contribution in [0.1, 0.15) is 16.7 Å². The van der Waals surface area contributed by atoms with Crippen molar-refractivity contribution in [2.45, 2.75) is 19.9 Å². The molecule has 1 aliphatic heterocycles. The third-order valence-electron chi connectivity index (χ3n) is 5.57. The van der Waals surface area contributed by atoms with Crippen LogP contribution in [0.25, 0.3) is 10.9 Å². The summed E-state index contributed by atoms with van der Waals surface area (Å²) >= 11 is 5.66. The predicted octanol–water partition coefficient (Wildman–Crippen LogP) is 3.17. The summed E-state index contributed by atoms with van der Waals surface area (Å²) in [5, 5.41) is 4.73. The van der Waals surface area contributed by atoms with Crippen LogP contribution in [-0.4, -0.2) is 55.0 Å². The maximum absolute atomic E-state index is 12.9. The molecule has 33 heavy (non-hydrogen) atoms. The molecule has 0 saturated carbocycles. The number of fused-ring (bicyclic) bond motifs is 2. The van der Waals surface area contributed by atoms with Crippen LogP contribution in [0.15, 0.2) is 47.3 Å². The van der Waals surface area contributed by atoms with Gasteiger partial charge in [-0.3, -0.25) is 4.79 Å². The maximum Gasteiger partial charge on any atom is 0.253 e. The molecule has 2 N–H and O–H groups in total. The lowest BCUT2D eigenvalue weighted by atomic mass is 10.1. The van der Waals surface area contributed by atoms with Crippen molar-refractivity contribution >= 4 is 28.2 Å². The molecule has 0 fully saturated rings. The Bertz CT molecular complexity index is 1190. The molecule has 2 aromatic carbocycles. The van der Waals surface area contributed by atoms with Gasteiger partial charge in [-0.25, -0.2) is 0 Å². The smallest absolute Gasteiger partial charge is 0.253 e. The zero-order valence-corrected chi connectivity index (χ0v) is 19.8. The fourth-order valence-corrected chi connectivity index (χ4v) is 4.12. The molecule has 7 nitrogen and oxygen atoms in total. The van der Waals surface area contributed by atoms with E-state index in [1.165, 1.54) is 11.1 Å². The number of methoxy groups -OCH3 is 1. The Morgan fingerprint density at radius 3 is 2.73 bits per heavy atom. The van der Waals surface area contributed by atoms with E-state index in [1.807, 2.05) is 23.1 Å². The van der Waals surface area contributed by atoms with Gasteiger partial charge in [0.2, 0.25) is 0 Å². The number of hydrogen-bond acceptors (Lipinski definition) is 5. The zero-order valence-electron chi connectivity index (χ0n) is 19.0. The fourth-order valence-electron chi connectivity index (χ4n) is 3.87. The average molecular weight is 468 g/mol. The zero-order chi connectivity index (χ0) is 23.2. The first-order valence-electron chi connectivity index (χ1n) is 11.1. The van der Waals surface area contributed by atoms with E-state index in [2.05, 4.69) is 41.5 Å². The predicted molar refractivity (Wildman–Crippen MR) is 133 cm³/mol. The summed E-state index contributed by atoms with van der Waals surface area (Å²) < 4.78 is 16.5. The second-order valence-electron chi connectivity index (χ2n) is 8.09. The van der Waals surface area contributed by atoms with E-state index in [0.29, 0.717) is 61.6 Å². The number of nitrogens with one attached hydrogen (secondary N) is 2. The SMILES string of the molecule is COCCNC(=S)N(CCc1cccc(C)c1)Cc1cc2cc3c(cc2[nH]c1=O)OCCO3. The highest BCUT2D eigenvalue weighted by atomic mass is 32.1. The first kappa shape index (κ1) is 23.1. The Morgan fingerprint density at radius 2 is 1.97 bits per heavy atom. The molecule has 0 aliphatic carbocycles. The van der Waals surface area contributed by atoms with Gasteiger partial charge in [0.15, 0.2) is 16.6 Å². The normalized spacial score (nSPS) is 12.5. The number of hydrogen-bond donors (Lipinski definition) is 2. The van der Waals surface area contributed by atoms with E-state index >= 15 is 0 Å². The molecule has 0 spiro atoms. The largest absolute Gasteiger partial charge is 0.486 e. The van der Waals surface area contributed by atoms with Crippen molar-refractivity contribution in [1.82, 2.24) is 15.2 Å². The first-order valence-corrected chi connectivity index (χ1v) is 11.5. The van der Waals surface area contributed by atoms with Crippen molar-refractivity contribution in [3.05, 3.63) is 69.5 Å². The third kappa shape index (κ3) is 5.83. The number of pyridine rings is 1. The van der Waals surface area contributed by atoms with Gasteiger partial charge in [0.1, 0.15) is 13.2 Å². The third-order valence-corrected chi connectivity index (χ3v) is 5.97. The number of ether oxygens (including phenoxy) is 3. The highest BCUT2D eigenvalue weighted by Gasteiger charge is 2.16. The van der Waals surface area contributed by atoms with Crippen molar-refractivity contribution < 1.29 is 14.2 Å². The molecular weight excluding hydrogens is 438 g/mol. The molecule has 0 unspecified atom stereocenters. The van der Waals surface area contributed by atoms with E-state index in [1.54, 1.807) is 7.11 Å². The van der Waals surface area contributed by atoms with Gasteiger partial charge in [-0.15, -0.1) is 0 Å². The van der Waals surface area contributed by atoms with Crippen LogP contribution in [0.3, 0.4) is 0 Å². The molecular formula is C25H29N3O4S. The summed E-state index contributed by atoms with van der Waals surface area (Å²) in [5.74, 6) is 1.35. The summed E-state index contributed by atoms with van der Waals surface area (Å²) in [7, 11) is 1.66. The van der Waals surface area contributed by atoms with Gasteiger partial charge < -0.3 is 29.4 Å². The molecule has 0 radical (unpaired) electrons. The van der Waals surface area contributed by atoms with Crippen molar-refractivity contribution in [3.8, 4) is 11.5 Å². The molecule has 0 bridgehead atoms. The van der Waals surface area contributed by atoms with Gasteiger partial charge in [-0.2, -0.15) is 0 Å². The van der Waals surface area contributed by atoms with Crippen LogP contribution in [0.5, 0.6) is 11.5 Å². The Morgan fingerprint density at radius 1 is 1.18 bits per heavy atom. The highest BCUT2D eigenvalue weighted by molar-refractivity contribution is 7.80. The number of H-pyrrole nitrogens is 1. The minimum absolute atomic E-state index is 0.139. The molecule has 3 aromatic rings. The number of rotatable bonds is 8. The fraction of sp³-hybridized carbons (Fsp3) is 0.360. The Labute approximate surface area is 198 Å². The van der Waals surface area contributed by atoms with Gasteiger partial charge in [0.25, 0.3) is 5.56 Å². The van der Waals surface area contributed by atoms with Crippen LogP contribution in [0, 0.1) is 6.92 Å². The van der Waals surface area contributed by atoms with Crippen LogP contribution in [-0.2, 0) is 17.7 Å². The lowest BCUT2D eigenvalue weighted by Crippen LogP contribution is -2.42. The number of benzene rings is 2. The quantitative estimate of drug-likeness (QED) is 0.389. The van der Waals surface area contributed by atoms with E-state index in [9.17, 15) is 4.79 Å². The number of aromatic nitrogens is 1. The van der Waals surface area contributed by atoms with Gasteiger partial charge in [0, 0.05) is 37.2 Å². The van der Waals surface area contributed by atoms with E-state index in [4.69, 9.17) is 26.4 Å². The Hall–Kier alpha value is -3.10. The molecule has 1 aliphatic rings. The molecule has 2 heterocycles. The van der Waals surface area contributed by atoms with E-state index in [-0.39, 0.29) is 5.56 Å². The van der Waals surface area contributed by atoms with Crippen LogP contribution < -0.4 is 20.3 Å². The lowest BCUT2D eigenvalue weighted by Gasteiger charge is -2.26. The average Bonchev–Trinajstić information content (AvgIpc) is 2.81. The summed E-state index contributed by atoms with van der Waals surface area (Å²) in [6, 6.07) is 14.1. The summed E-state index contributed by atoms with van der Waals surface area (Å²) in [6.07, 6.45) is 0.817. The topological polar surface area (TPSA) is 75.8 Å². The minimum atomic E-state index is -0.139. The summed E-state index contributed by atoms with van der Waals surface area (Å²) in [6.45, 7) is 5.34. The molecule has 0 saturated heterocycles. The Kier molecular flexibility index (Phi) is 7.47. The number of aromatic amines is 1. The second-order valence-corrected chi connectivity index (χ2v) is 8.48. The summed E-state index contributed by atoms with van der Waals surface area (Å²) in [4.78, 5) is 17.9. The van der Waals surface area contributed by atoms with Gasteiger partial charge in [-0.05, 0) is 43.3 Å². The van der Waals surface area contributed by atoms with Crippen molar-refractivity contribution in [2.75, 3.05) is 40.0 Å². The van der Waals surface area contributed by atoms with Crippen molar-refractivity contribution in [1.29, 1.82) is 0 Å². The number of nitrogens with zero attached hydrogens (tertiary/aromatic N) is 1. The molecule has 4 rings (SSSR count). The maximum atomic E-state index is 12.9. The van der Waals surface area contributed by atoms with Gasteiger partial charge in [0.05, 0.1) is 18.7 Å².